The zero-order valence-corrected chi connectivity index (χ0v) is 11.3. The molecule has 6 nitrogen and oxygen atoms in total. The summed E-state index contributed by atoms with van der Waals surface area (Å²) in [5.74, 6) is 0. The van der Waals surface area contributed by atoms with E-state index in [1.54, 1.807) is 0 Å². The lowest BCUT2D eigenvalue weighted by Crippen LogP contribution is -2.48. The Kier molecular flexibility index (Phi) is 6.15. The van der Waals surface area contributed by atoms with Crippen LogP contribution < -0.4 is 19.6 Å². The second-order valence-corrected chi connectivity index (χ2v) is 8.92. The van der Waals surface area contributed by atoms with E-state index in [1.165, 1.54) is 13.8 Å². The Labute approximate surface area is 98.9 Å². The van der Waals surface area contributed by atoms with E-state index in [0.717, 1.165) is 0 Å². The van der Waals surface area contributed by atoms with E-state index in [-0.39, 0.29) is 13.2 Å². The van der Waals surface area contributed by atoms with Gasteiger partial charge in [-0.05, 0) is 37.0 Å². The van der Waals surface area contributed by atoms with Gasteiger partial charge in [0.2, 0.25) is 0 Å². The number of rotatable bonds is 6. The largest absolute Gasteiger partial charge is 0.682 e. The molecule has 0 aliphatic rings. The summed E-state index contributed by atoms with van der Waals surface area (Å²) in [6.45, 7) is 2.54. The van der Waals surface area contributed by atoms with Crippen LogP contribution in [-0.2, 0) is 9.05 Å². The van der Waals surface area contributed by atoms with Crippen LogP contribution in [0.2, 0.25) is 0 Å². The molecule has 0 saturated carbocycles. The van der Waals surface area contributed by atoms with Crippen LogP contribution in [0.1, 0.15) is 13.8 Å². The van der Waals surface area contributed by atoms with Crippen molar-refractivity contribution in [1.29, 1.82) is 0 Å². The van der Waals surface area contributed by atoms with E-state index in [4.69, 9.17) is 23.2 Å². The molecule has 0 fully saturated rings. The molecule has 0 spiro atoms. The smallest absolute Gasteiger partial charge is 0.354 e. The molecule has 0 aromatic rings. The van der Waals surface area contributed by atoms with Gasteiger partial charge in [0, 0.05) is 0 Å². The Morgan fingerprint density at radius 1 is 1.00 bits per heavy atom. The van der Waals surface area contributed by atoms with Gasteiger partial charge in [0.25, 0.3) is 0 Å². The van der Waals surface area contributed by atoms with Crippen molar-refractivity contribution >= 4 is 39.1 Å². The Morgan fingerprint density at radius 2 is 1.33 bits per heavy atom. The molecule has 15 heavy (non-hydrogen) atoms. The summed E-state index contributed by atoms with van der Waals surface area (Å²) in [7, 11) is -9.93. The highest BCUT2D eigenvalue weighted by Crippen LogP contribution is 2.79. The highest BCUT2D eigenvalue weighted by Gasteiger charge is 2.60. The maximum atomic E-state index is 11.8. The molecule has 0 aliphatic carbocycles. The van der Waals surface area contributed by atoms with E-state index >= 15 is 0 Å². The van der Waals surface area contributed by atoms with Gasteiger partial charge in [-0.15, -0.1) is 0 Å². The summed E-state index contributed by atoms with van der Waals surface area (Å²) < 4.78 is 6.01. The molecule has 0 aromatic carbocycles. The number of hydrogen-bond acceptors (Lipinski definition) is 6. The molecular formula is C5H10Cl2O6P2-2. The van der Waals surface area contributed by atoms with Crippen molar-refractivity contribution in [2.75, 3.05) is 13.2 Å². The molecule has 0 atom stereocenters. The molecule has 10 heteroatoms. The molecule has 0 radical (unpaired) electrons. The SMILES string of the molecule is CCO[P+]([O-])(OCC)C(Cl)(Cl)[P+]([O-])([O-])[O-]. The standard InChI is InChI=1S/C5H12Cl2O6P2/c1-3-12-15(11,13-4-2)5(6,7)14(8,9)10/h3-4H2,1-2H3,(H2,8,9,10)/p-2. The molecule has 0 rings (SSSR count). The normalized spacial score (nSPS) is 14.4. The van der Waals surface area contributed by atoms with Gasteiger partial charge < -0.3 is 19.6 Å². The first kappa shape index (κ1) is 16.2. The fraction of sp³-hybridized carbons (Fsp3) is 1.00. The summed E-state index contributed by atoms with van der Waals surface area (Å²) >= 11 is 10.5. The lowest BCUT2D eigenvalue weighted by atomic mass is 10.9. The molecule has 0 heterocycles. The third kappa shape index (κ3) is 3.58. The van der Waals surface area contributed by atoms with Crippen LogP contribution in [-0.4, -0.2) is 17.0 Å². The molecule has 0 amide bonds. The van der Waals surface area contributed by atoms with Crippen molar-refractivity contribution < 1.29 is 28.6 Å². The minimum Gasteiger partial charge on any atom is -0.682 e. The van der Waals surface area contributed by atoms with Gasteiger partial charge in [-0.3, -0.25) is 0 Å². The topological polar surface area (TPSA) is 111 Å². The first-order valence-electron chi connectivity index (χ1n) is 3.91. The fourth-order valence-corrected chi connectivity index (χ4v) is 3.88. The average Bonchev–Trinajstić information content (AvgIpc) is 2.02. The Morgan fingerprint density at radius 3 is 1.53 bits per heavy atom. The average molecular weight is 299 g/mol. The fourth-order valence-electron chi connectivity index (χ4n) is 0.683. The van der Waals surface area contributed by atoms with Crippen molar-refractivity contribution in [1.82, 2.24) is 0 Å². The minimum atomic E-state index is -5.53. The van der Waals surface area contributed by atoms with Crippen LogP contribution >= 0.6 is 39.1 Å². The van der Waals surface area contributed by atoms with Gasteiger partial charge in [-0.25, -0.2) is 9.05 Å². The van der Waals surface area contributed by atoms with E-state index in [2.05, 4.69) is 9.05 Å². The predicted octanol–water partition coefficient (Wildman–Crippen LogP) is -0.885. The first-order chi connectivity index (χ1) is 6.62. The van der Waals surface area contributed by atoms with E-state index in [0.29, 0.717) is 0 Å². The van der Waals surface area contributed by atoms with Crippen LogP contribution in [0, 0.1) is 0 Å². The van der Waals surface area contributed by atoms with Gasteiger partial charge in [-0.1, -0.05) is 7.94 Å². The van der Waals surface area contributed by atoms with Crippen LogP contribution in [0.25, 0.3) is 0 Å². The van der Waals surface area contributed by atoms with Gasteiger partial charge >= 0.3 is 11.8 Å². The number of halogens is 2. The summed E-state index contributed by atoms with van der Waals surface area (Å²) in [4.78, 5) is 44.0. The van der Waals surface area contributed by atoms with Crippen LogP contribution in [0.5, 0.6) is 0 Å². The monoisotopic (exact) mass is 298 g/mol. The molecule has 0 N–H and O–H groups in total. The first-order valence-corrected chi connectivity index (χ1v) is 7.75. The zero-order chi connectivity index (χ0) is 12.3. The highest BCUT2D eigenvalue weighted by molar-refractivity contribution is 7.82. The third-order valence-corrected chi connectivity index (χ3v) is 7.73. The predicted molar refractivity (Wildman–Crippen MR) is 51.5 cm³/mol. The van der Waals surface area contributed by atoms with Crippen molar-refractivity contribution in [3.05, 3.63) is 0 Å². The van der Waals surface area contributed by atoms with Gasteiger partial charge in [0.05, 0.1) is 13.2 Å². The molecule has 0 unspecified atom stereocenters. The van der Waals surface area contributed by atoms with E-state index < -0.39 is 19.7 Å². The molecule has 0 aliphatic heterocycles. The Balaban J connectivity index is 5.05. The van der Waals surface area contributed by atoms with Gasteiger partial charge in [-0.2, -0.15) is 0 Å². The summed E-state index contributed by atoms with van der Waals surface area (Å²) in [6, 6.07) is 0. The quantitative estimate of drug-likeness (QED) is 0.465. The molecular weight excluding hydrogens is 289 g/mol. The third-order valence-electron chi connectivity index (χ3n) is 1.26. The molecule has 92 valence electrons. The summed E-state index contributed by atoms with van der Waals surface area (Å²) in [5.41, 5.74) is 0. The second-order valence-electron chi connectivity index (χ2n) is 2.34. The van der Waals surface area contributed by atoms with E-state index in [1.807, 2.05) is 0 Å². The minimum absolute atomic E-state index is 0.154. The highest BCUT2D eigenvalue weighted by atomic mass is 35.5. The molecule has 0 saturated heterocycles. The summed E-state index contributed by atoms with van der Waals surface area (Å²) in [6.07, 6.45) is 0. The van der Waals surface area contributed by atoms with Crippen LogP contribution in [0.3, 0.4) is 0 Å². The van der Waals surface area contributed by atoms with Crippen molar-refractivity contribution in [3.8, 4) is 0 Å². The van der Waals surface area contributed by atoms with Crippen LogP contribution in [0.4, 0.5) is 0 Å². The maximum absolute atomic E-state index is 11.8. The maximum Gasteiger partial charge on any atom is 0.354 e. The zero-order valence-electron chi connectivity index (χ0n) is 8.01. The van der Waals surface area contributed by atoms with Crippen molar-refractivity contribution in [2.24, 2.45) is 0 Å². The number of alkyl halides is 2. The van der Waals surface area contributed by atoms with Gasteiger partial charge in [0.1, 0.15) is 0 Å². The van der Waals surface area contributed by atoms with E-state index in [9.17, 15) is 19.6 Å². The van der Waals surface area contributed by atoms with Crippen molar-refractivity contribution in [2.45, 2.75) is 17.7 Å². The Bertz CT molecular complexity index is 202. The van der Waals surface area contributed by atoms with Crippen molar-refractivity contribution in [3.63, 3.8) is 0 Å². The lowest BCUT2D eigenvalue weighted by Gasteiger charge is -2.51. The Hall–Kier alpha value is 1.20. The summed E-state index contributed by atoms with van der Waals surface area (Å²) in [5, 5.41) is 0. The number of hydrogen-bond donors (Lipinski definition) is 0. The van der Waals surface area contributed by atoms with Gasteiger partial charge in [0.15, 0.2) is 0 Å². The van der Waals surface area contributed by atoms with Crippen LogP contribution in [0.15, 0.2) is 0 Å². The molecule has 0 bridgehead atoms. The lowest BCUT2D eigenvalue weighted by molar-refractivity contribution is -0.429. The molecule has 0 aromatic heterocycles. The second kappa shape index (κ2) is 5.69.